The Balaban J connectivity index is 2.56. The van der Waals surface area contributed by atoms with Crippen molar-refractivity contribution in [3.8, 4) is 0 Å². The maximum absolute atomic E-state index is 11.8. The third kappa shape index (κ3) is 4.04. The van der Waals surface area contributed by atoms with Gasteiger partial charge in [-0.05, 0) is 31.8 Å². The molecule has 1 fully saturated rings. The van der Waals surface area contributed by atoms with Crippen molar-refractivity contribution in [3.63, 3.8) is 0 Å². The first-order valence-electron chi connectivity index (χ1n) is 5.69. The molecule has 0 aromatic rings. The Bertz CT molecular complexity index is 289. The van der Waals surface area contributed by atoms with Crippen LogP contribution in [-0.2, 0) is 14.3 Å². The van der Waals surface area contributed by atoms with Crippen molar-refractivity contribution in [2.75, 3.05) is 7.11 Å². The molecular formula is C12H18O4. The Morgan fingerprint density at radius 2 is 2.06 bits per heavy atom. The van der Waals surface area contributed by atoms with Gasteiger partial charge in [0.1, 0.15) is 0 Å². The van der Waals surface area contributed by atoms with Crippen LogP contribution in [0.15, 0.2) is 11.8 Å². The zero-order chi connectivity index (χ0) is 12.0. The molecule has 0 aromatic carbocycles. The zero-order valence-corrected chi connectivity index (χ0v) is 9.82. The monoisotopic (exact) mass is 226 g/mol. The number of methoxy groups -OCH3 is 1. The summed E-state index contributed by atoms with van der Waals surface area (Å²) < 4.78 is 9.24. The minimum atomic E-state index is -0.822. The fourth-order valence-corrected chi connectivity index (χ4v) is 1.31. The van der Waals surface area contributed by atoms with E-state index < -0.39 is 6.16 Å². The van der Waals surface area contributed by atoms with Gasteiger partial charge in [-0.25, -0.2) is 4.79 Å². The second-order valence-corrected chi connectivity index (χ2v) is 3.91. The lowest BCUT2D eigenvalue weighted by Crippen LogP contribution is -2.13. The molecule has 4 heteroatoms. The smallest absolute Gasteiger partial charge is 0.437 e. The molecule has 0 aromatic heterocycles. The van der Waals surface area contributed by atoms with E-state index in [9.17, 15) is 9.59 Å². The molecule has 4 nitrogen and oxygen atoms in total. The lowest BCUT2D eigenvalue weighted by atomic mass is 10.1. The van der Waals surface area contributed by atoms with E-state index in [1.165, 1.54) is 7.11 Å². The quantitative estimate of drug-likeness (QED) is 0.302. The Hall–Kier alpha value is -1.32. The summed E-state index contributed by atoms with van der Waals surface area (Å²) in [6, 6.07) is 0. The first kappa shape index (κ1) is 12.7. The van der Waals surface area contributed by atoms with E-state index in [4.69, 9.17) is 4.74 Å². The van der Waals surface area contributed by atoms with E-state index in [1.54, 1.807) is 6.08 Å². The molecule has 0 atom stereocenters. The van der Waals surface area contributed by atoms with Crippen molar-refractivity contribution in [3.05, 3.63) is 11.8 Å². The molecule has 1 saturated carbocycles. The summed E-state index contributed by atoms with van der Waals surface area (Å²) in [6.07, 6.45) is 5.44. The van der Waals surface area contributed by atoms with Gasteiger partial charge in [0.2, 0.25) is 5.78 Å². The molecule has 0 saturated heterocycles. The molecule has 0 radical (unpaired) electrons. The largest absolute Gasteiger partial charge is 0.513 e. The third-order valence-electron chi connectivity index (χ3n) is 2.44. The molecule has 90 valence electrons. The summed E-state index contributed by atoms with van der Waals surface area (Å²) in [5.74, 6) is 0.141. The molecule has 0 unspecified atom stereocenters. The fourth-order valence-electron chi connectivity index (χ4n) is 1.31. The standard InChI is InChI=1S/C12H18O4/c1-3-4-5-6-10(16-12(14)15-2)11(13)9-7-8-9/h6,9H,3-5,7-8H2,1-2H3/b10-6+. The molecule has 0 N–H and O–H groups in total. The Morgan fingerprint density at radius 1 is 1.38 bits per heavy atom. The number of hydrogen-bond donors (Lipinski definition) is 0. The van der Waals surface area contributed by atoms with Crippen molar-refractivity contribution in [2.24, 2.45) is 5.92 Å². The van der Waals surface area contributed by atoms with E-state index in [1.807, 2.05) is 0 Å². The van der Waals surface area contributed by atoms with Gasteiger partial charge in [-0.3, -0.25) is 4.79 Å². The first-order chi connectivity index (χ1) is 7.69. The lowest BCUT2D eigenvalue weighted by molar-refractivity contribution is -0.119. The highest BCUT2D eigenvalue weighted by Gasteiger charge is 2.33. The van der Waals surface area contributed by atoms with Gasteiger partial charge in [-0.15, -0.1) is 0 Å². The van der Waals surface area contributed by atoms with Gasteiger partial charge in [0.15, 0.2) is 5.76 Å². The van der Waals surface area contributed by atoms with E-state index in [0.29, 0.717) is 0 Å². The third-order valence-corrected chi connectivity index (χ3v) is 2.44. The number of allylic oxidation sites excluding steroid dienone is 2. The van der Waals surface area contributed by atoms with Gasteiger partial charge >= 0.3 is 6.16 Å². The Morgan fingerprint density at radius 3 is 2.56 bits per heavy atom. The maximum atomic E-state index is 11.8. The van der Waals surface area contributed by atoms with Crippen molar-refractivity contribution in [1.29, 1.82) is 0 Å². The fraction of sp³-hybridized carbons (Fsp3) is 0.667. The Kier molecular flexibility index (Phi) is 5.02. The van der Waals surface area contributed by atoms with Crippen LogP contribution in [0.5, 0.6) is 0 Å². The average Bonchev–Trinajstić information content (AvgIpc) is 3.10. The van der Waals surface area contributed by atoms with Crippen LogP contribution in [0.1, 0.15) is 39.0 Å². The van der Waals surface area contributed by atoms with Crippen molar-refractivity contribution in [1.82, 2.24) is 0 Å². The number of Topliss-reactive ketones (excluding diaryl/α,β-unsaturated/α-hetero) is 1. The van der Waals surface area contributed by atoms with Crippen molar-refractivity contribution < 1.29 is 19.1 Å². The number of carbonyl (C=O) groups is 2. The highest BCUT2D eigenvalue weighted by atomic mass is 16.7. The number of hydrogen-bond acceptors (Lipinski definition) is 4. The SMILES string of the molecule is CCCC/C=C(/OC(=O)OC)C(=O)C1CC1. The molecule has 1 aliphatic carbocycles. The molecule has 0 bridgehead atoms. The highest BCUT2D eigenvalue weighted by molar-refractivity contribution is 5.98. The number of ketones is 1. The van der Waals surface area contributed by atoms with Crippen LogP contribution in [0.25, 0.3) is 0 Å². The van der Waals surface area contributed by atoms with E-state index in [2.05, 4.69) is 11.7 Å². The summed E-state index contributed by atoms with van der Waals surface area (Å²) in [6.45, 7) is 2.07. The Labute approximate surface area is 95.6 Å². The number of ether oxygens (including phenoxy) is 2. The summed E-state index contributed by atoms with van der Waals surface area (Å²) in [5, 5.41) is 0. The lowest BCUT2D eigenvalue weighted by Gasteiger charge is -2.05. The molecule has 1 aliphatic rings. The highest BCUT2D eigenvalue weighted by Crippen LogP contribution is 2.32. The predicted molar refractivity (Wildman–Crippen MR) is 58.8 cm³/mol. The molecule has 1 rings (SSSR count). The first-order valence-corrected chi connectivity index (χ1v) is 5.69. The summed E-state index contributed by atoms with van der Waals surface area (Å²) in [7, 11) is 1.23. The van der Waals surface area contributed by atoms with Crippen LogP contribution in [0.2, 0.25) is 0 Å². The molecule has 0 amide bonds. The summed E-state index contributed by atoms with van der Waals surface area (Å²) in [4.78, 5) is 22.7. The van der Waals surface area contributed by atoms with Crippen LogP contribution in [-0.4, -0.2) is 19.0 Å². The molecule has 0 spiro atoms. The van der Waals surface area contributed by atoms with Gasteiger partial charge in [0.05, 0.1) is 7.11 Å². The molecular weight excluding hydrogens is 208 g/mol. The van der Waals surface area contributed by atoms with Gasteiger partial charge in [-0.2, -0.15) is 0 Å². The normalized spacial score (nSPS) is 15.8. The zero-order valence-electron chi connectivity index (χ0n) is 9.82. The topological polar surface area (TPSA) is 52.6 Å². The van der Waals surface area contributed by atoms with Gasteiger partial charge in [0.25, 0.3) is 0 Å². The van der Waals surface area contributed by atoms with E-state index in [-0.39, 0.29) is 17.5 Å². The second kappa shape index (κ2) is 6.30. The van der Waals surface area contributed by atoms with Crippen LogP contribution in [0.3, 0.4) is 0 Å². The maximum Gasteiger partial charge on any atom is 0.513 e. The van der Waals surface area contributed by atoms with Crippen LogP contribution >= 0.6 is 0 Å². The summed E-state index contributed by atoms with van der Waals surface area (Å²) >= 11 is 0. The van der Waals surface area contributed by atoms with Crippen LogP contribution < -0.4 is 0 Å². The van der Waals surface area contributed by atoms with Crippen molar-refractivity contribution >= 4 is 11.9 Å². The van der Waals surface area contributed by atoms with Crippen molar-refractivity contribution in [2.45, 2.75) is 39.0 Å². The predicted octanol–water partition coefficient (Wildman–Crippen LogP) is 2.82. The van der Waals surface area contributed by atoms with E-state index in [0.717, 1.165) is 32.1 Å². The molecule has 0 heterocycles. The van der Waals surface area contributed by atoms with Crippen LogP contribution in [0.4, 0.5) is 4.79 Å². The van der Waals surface area contributed by atoms with Crippen LogP contribution in [0, 0.1) is 5.92 Å². The molecule has 0 aliphatic heterocycles. The second-order valence-electron chi connectivity index (χ2n) is 3.91. The number of unbranched alkanes of at least 4 members (excludes halogenated alkanes) is 2. The molecule has 16 heavy (non-hydrogen) atoms. The van der Waals surface area contributed by atoms with Gasteiger partial charge in [0, 0.05) is 5.92 Å². The van der Waals surface area contributed by atoms with Gasteiger partial charge in [-0.1, -0.05) is 13.3 Å². The number of carbonyl (C=O) groups excluding carboxylic acids is 2. The average molecular weight is 226 g/mol. The summed E-state index contributed by atoms with van der Waals surface area (Å²) in [5.41, 5.74) is 0. The minimum Gasteiger partial charge on any atom is -0.437 e. The van der Waals surface area contributed by atoms with E-state index >= 15 is 0 Å². The van der Waals surface area contributed by atoms with Gasteiger partial charge < -0.3 is 9.47 Å². The number of rotatable bonds is 6. The minimum absolute atomic E-state index is 0.0533.